The van der Waals surface area contributed by atoms with Crippen molar-refractivity contribution < 1.29 is 9.53 Å². The summed E-state index contributed by atoms with van der Waals surface area (Å²) in [6.07, 6.45) is -0.443. The van der Waals surface area contributed by atoms with Crippen molar-refractivity contribution in [3.05, 3.63) is 66.4 Å². The summed E-state index contributed by atoms with van der Waals surface area (Å²) in [5.41, 5.74) is 3.39. The average Bonchev–Trinajstić information content (AvgIpc) is 2.59. The maximum atomic E-state index is 12.1. The molecule has 1 amide bonds. The lowest BCUT2D eigenvalue weighted by Gasteiger charge is -2.22. The zero-order chi connectivity index (χ0) is 18.7. The van der Waals surface area contributed by atoms with Gasteiger partial charge in [-0.05, 0) is 51.0 Å². The van der Waals surface area contributed by atoms with Gasteiger partial charge >= 0.3 is 6.09 Å². The number of ether oxygens (including phenoxy) is 1. The van der Waals surface area contributed by atoms with Crippen LogP contribution < -0.4 is 5.32 Å². The first kappa shape index (κ1) is 17.9. The molecule has 0 saturated carbocycles. The molecule has 0 bridgehead atoms. The number of benzene rings is 2. The molecule has 3 rings (SSSR count). The van der Waals surface area contributed by atoms with Gasteiger partial charge in [0.1, 0.15) is 5.60 Å². The number of amides is 1. The van der Waals surface area contributed by atoms with Crippen molar-refractivity contribution in [2.24, 2.45) is 0 Å². The van der Waals surface area contributed by atoms with Crippen LogP contribution in [0.5, 0.6) is 0 Å². The smallest absolute Gasteiger partial charge is 0.408 e. The van der Waals surface area contributed by atoms with Crippen molar-refractivity contribution >= 4 is 17.0 Å². The molecule has 0 radical (unpaired) electrons. The molecule has 4 nitrogen and oxygen atoms in total. The highest BCUT2D eigenvalue weighted by Crippen LogP contribution is 2.30. The summed E-state index contributed by atoms with van der Waals surface area (Å²) in [5.74, 6) is 0. The minimum atomic E-state index is -0.532. The Kier molecular flexibility index (Phi) is 4.94. The fraction of sp³-hybridized carbons (Fsp3) is 0.273. The third kappa shape index (κ3) is 4.20. The van der Waals surface area contributed by atoms with E-state index in [0.29, 0.717) is 0 Å². The molecule has 1 heterocycles. The van der Waals surface area contributed by atoms with Crippen LogP contribution in [0.4, 0.5) is 4.79 Å². The number of nitrogens with zero attached hydrogens (tertiary/aromatic N) is 1. The van der Waals surface area contributed by atoms with Crippen LogP contribution in [0.2, 0.25) is 0 Å². The fourth-order valence-corrected chi connectivity index (χ4v) is 2.83. The van der Waals surface area contributed by atoms with Gasteiger partial charge in [0, 0.05) is 5.39 Å². The lowest BCUT2D eigenvalue weighted by Crippen LogP contribution is -2.34. The summed E-state index contributed by atoms with van der Waals surface area (Å²) in [4.78, 5) is 16.8. The first-order valence-electron chi connectivity index (χ1n) is 8.78. The highest BCUT2D eigenvalue weighted by Gasteiger charge is 2.19. The molecule has 0 saturated heterocycles. The van der Waals surface area contributed by atoms with E-state index >= 15 is 0 Å². The zero-order valence-corrected chi connectivity index (χ0v) is 15.6. The van der Waals surface area contributed by atoms with Gasteiger partial charge in [-0.1, -0.05) is 48.5 Å². The number of hydrogen-bond acceptors (Lipinski definition) is 3. The van der Waals surface area contributed by atoms with E-state index in [0.717, 1.165) is 27.7 Å². The van der Waals surface area contributed by atoms with Crippen molar-refractivity contribution in [2.75, 3.05) is 0 Å². The molecule has 0 aliphatic rings. The summed E-state index contributed by atoms with van der Waals surface area (Å²) in [6.45, 7) is 7.45. The average molecular weight is 348 g/mol. The standard InChI is InChI=1S/C22H24N2O2/c1-15(23-21(25)26-22(2,3)4)20-14-18(16-10-6-5-7-11-16)17-12-8-9-13-19(17)24-20/h5-15H,1-4H3,(H,23,25). The lowest BCUT2D eigenvalue weighted by atomic mass is 9.99. The van der Waals surface area contributed by atoms with E-state index in [-0.39, 0.29) is 6.04 Å². The van der Waals surface area contributed by atoms with Crippen LogP contribution in [0.1, 0.15) is 39.4 Å². The van der Waals surface area contributed by atoms with E-state index in [1.807, 2.05) is 70.2 Å². The van der Waals surface area contributed by atoms with E-state index in [4.69, 9.17) is 9.72 Å². The number of rotatable bonds is 3. The van der Waals surface area contributed by atoms with Crippen molar-refractivity contribution in [3.8, 4) is 11.1 Å². The second-order valence-corrected chi connectivity index (χ2v) is 7.35. The zero-order valence-electron chi connectivity index (χ0n) is 15.6. The third-order valence-corrected chi connectivity index (χ3v) is 4.00. The molecule has 4 heteroatoms. The van der Waals surface area contributed by atoms with Crippen LogP contribution >= 0.6 is 0 Å². The largest absolute Gasteiger partial charge is 0.444 e. The number of alkyl carbamates (subject to hydrolysis) is 1. The lowest BCUT2D eigenvalue weighted by molar-refractivity contribution is 0.0507. The maximum Gasteiger partial charge on any atom is 0.408 e. The summed E-state index contributed by atoms with van der Waals surface area (Å²) < 4.78 is 5.35. The topological polar surface area (TPSA) is 51.2 Å². The Bertz CT molecular complexity index is 914. The first-order chi connectivity index (χ1) is 12.3. The van der Waals surface area contributed by atoms with E-state index in [2.05, 4.69) is 23.5 Å². The summed E-state index contributed by atoms with van der Waals surface area (Å²) in [7, 11) is 0. The summed E-state index contributed by atoms with van der Waals surface area (Å²) in [5, 5.41) is 3.96. The molecule has 26 heavy (non-hydrogen) atoms. The summed E-state index contributed by atoms with van der Waals surface area (Å²) in [6, 6.07) is 20.0. The Morgan fingerprint density at radius 1 is 1.04 bits per heavy atom. The molecule has 3 aromatic rings. The highest BCUT2D eigenvalue weighted by atomic mass is 16.6. The molecule has 1 aromatic heterocycles. The number of carbonyl (C=O) groups is 1. The third-order valence-electron chi connectivity index (χ3n) is 4.00. The van der Waals surface area contributed by atoms with E-state index in [9.17, 15) is 4.79 Å². The van der Waals surface area contributed by atoms with Crippen LogP contribution in [0, 0.1) is 0 Å². The molecule has 1 atom stereocenters. The van der Waals surface area contributed by atoms with Gasteiger partial charge in [-0.25, -0.2) is 4.79 Å². The van der Waals surface area contributed by atoms with Crippen LogP contribution in [-0.2, 0) is 4.74 Å². The Morgan fingerprint density at radius 2 is 1.69 bits per heavy atom. The Hall–Kier alpha value is -2.88. The minimum absolute atomic E-state index is 0.267. The SMILES string of the molecule is CC(NC(=O)OC(C)(C)C)c1cc(-c2ccccc2)c2ccccc2n1. The predicted octanol–water partition coefficient (Wildman–Crippen LogP) is 5.49. The van der Waals surface area contributed by atoms with Gasteiger partial charge < -0.3 is 10.1 Å². The molecular weight excluding hydrogens is 324 g/mol. The van der Waals surface area contributed by atoms with E-state index in [1.165, 1.54) is 0 Å². The highest BCUT2D eigenvalue weighted by molar-refractivity contribution is 5.94. The van der Waals surface area contributed by atoms with Crippen molar-refractivity contribution in [2.45, 2.75) is 39.3 Å². The second-order valence-electron chi connectivity index (χ2n) is 7.35. The molecule has 1 unspecified atom stereocenters. The van der Waals surface area contributed by atoms with Crippen LogP contribution in [0.25, 0.3) is 22.0 Å². The Labute approximate surface area is 154 Å². The van der Waals surface area contributed by atoms with Gasteiger partial charge in [-0.3, -0.25) is 4.98 Å². The number of pyridine rings is 1. The van der Waals surface area contributed by atoms with Crippen molar-refractivity contribution in [3.63, 3.8) is 0 Å². The Balaban J connectivity index is 1.98. The molecule has 0 aliphatic carbocycles. The molecular formula is C22H24N2O2. The molecule has 0 fully saturated rings. The number of nitrogens with one attached hydrogen (secondary N) is 1. The number of hydrogen-bond donors (Lipinski definition) is 1. The van der Waals surface area contributed by atoms with Gasteiger partial charge in [0.25, 0.3) is 0 Å². The van der Waals surface area contributed by atoms with Gasteiger partial charge in [0.05, 0.1) is 17.3 Å². The van der Waals surface area contributed by atoms with Gasteiger partial charge in [-0.2, -0.15) is 0 Å². The number of para-hydroxylation sites is 1. The number of aromatic nitrogens is 1. The van der Waals surface area contributed by atoms with Gasteiger partial charge in [0.15, 0.2) is 0 Å². The molecule has 1 N–H and O–H groups in total. The second kappa shape index (κ2) is 7.16. The number of fused-ring (bicyclic) bond motifs is 1. The normalized spacial score (nSPS) is 12.6. The molecule has 2 aromatic carbocycles. The fourth-order valence-electron chi connectivity index (χ4n) is 2.83. The molecule has 0 spiro atoms. The maximum absolute atomic E-state index is 12.1. The Morgan fingerprint density at radius 3 is 2.38 bits per heavy atom. The van der Waals surface area contributed by atoms with Gasteiger partial charge in [-0.15, -0.1) is 0 Å². The first-order valence-corrected chi connectivity index (χ1v) is 8.78. The monoisotopic (exact) mass is 348 g/mol. The number of carbonyl (C=O) groups excluding carboxylic acids is 1. The molecule has 134 valence electrons. The summed E-state index contributed by atoms with van der Waals surface area (Å²) >= 11 is 0. The molecule has 0 aliphatic heterocycles. The van der Waals surface area contributed by atoms with Crippen molar-refractivity contribution in [1.82, 2.24) is 10.3 Å². The quantitative estimate of drug-likeness (QED) is 0.681. The van der Waals surface area contributed by atoms with E-state index in [1.54, 1.807) is 0 Å². The van der Waals surface area contributed by atoms with Crippen LogP contribution in [-0.4, -0.2) is 16.7 Å². The van der Waals surface area contributed by atoms with Crippen molar-refractivity contribution in [1.29, 1.82) is 0 Å². The van der Waals surface area contributed by atoms with Crippen LogP contribution in [0.3, 0.4) is 0 Å². The predicted molar refractivity (Wildman–Crippen MR) is 105 cm³/mol. The van der Waals surface area contributed by atoms with Gasteiger partial charge in [0.2, 0.25) is 0 Å². The van der Waals surface area contributed by atoms with E-state index < -0.39 is 11.7 Å². The minimum Gasteiger partial charge on any atom is -0.444 e. The van der Waals surface area contributed by atoms with Crippen LogP contribution in [0.15, 0.2) is 60.7 Å².